The zero-order chi connectivity index (χ0) is 20.3. The van der Waals surface area contributed by atoms with Gasteiger partial charge in [-0.3, -0.25) is 0 Å². The molecule has 0 radical (unpaired) electrons. The van der Waals surface area contributed by atoms with Crippen LogP contribution in [0.1, 0.15) is 33.3 Å². The number of hydrogen-bond acceptors (Lipinski definition) is 7. The number of methoxy groups -OCH3 is 1. The third-order valence-corrected chi connectivity index (χ3v) is 4.05. The number of benzene rings is 1. The largest absolute Gasteiger partial charge is 0.464 e. The van der Waals surface area contributed by atoms with E-state index in [4.69, 9.17) is 15.2 Å². The molecule has 9 nitrogen and oxygen atoms in total. The van der Waals surface area contributed by atoms with E-state index < -0.39 is 11.9 Å². The lowest BCUT2D eigenvalue weighted by atomic mass is 10.1. The number of anilines is 1. The lowest BCUT2D eigenvalue weighted by Crippen LogP contribution is -2.15. The van der Waals surface area contributed by atoms with Gasteiger partial charge in [-0.25, -0.2) is 14.3 Å². The number of carbonyl (C=O) groups is 2. The molecule has 0 saturated heterocycles. The average molecular weight is 379 g/mol. The van der Waals surface area contributed by atoms with E-state index in [0.29, 0.717) is 11.4 Å². The first-order valence-electron chi connectivity index (χ1n) is 8.32. The second-order valence-corrected chi connectivity index (χ2v) is 5.65. The molecule has 28 heavy (non-hydrogen) atoms. The first kappa shape index (κ1) is 18.7. The summed E-state index contributed by atoms with van der Waals surface area (Å²) in [6, 6.07) is 8.59. The van der Waals surface area contributed by atoms with Crippen LogP contribution in [0.15, 0.2) is 42.9 Å². The van der Waals surface area contributed by atoms with E-state index in [-0.39, 0.29) is 29.1 Å². The first-order chi connectivity index (χ1) is 13.5. The number of nitriles is 1. The summed E-state index contributed by atoms with van der Waals surface area (Å²) in [6.07, 6.45) is 4.72. The highest BCUT2D eigenvalue weighted by Crippen LogP contribution is 2.28. The number of nitrogens with zero attached hydrogens (tertiary/aromatic N) is 4. The van der Waals surface area contributed by atoms with Crippen LogP contribution in [-0.4, -0.2) is 40.0 Å². The van der Waals surface area contributed by atoms with Crippen LogP contribution < -0.4 is 5.73 Å². The van der Waals surface area contributed by atoms with Crippen LogP contribution in [-0.2, 0) is 9.47 Å². The van der Waals surface area contributed by atoms with Gasteiger partial charge in [0.25, 0.3) is 0 Å². The van der Waals surface area contributed by atoms with Crippen LogP contribution in [0.3, 0.4) is 0 Å². The van der Waals surface area contributed by atoms with Gasteiger partial charge in [0.05, 0.1) is 41.9 Å². The molecule has 2 N–H and O–H groups in total. The standard InChI is InChI=1S/C19H17N5O4/c1-3-28-18(25)14-6-5-13(24-8-4-7-22-24)9-15(14)23-11-12(10-20)16(21)17(23)19(26)27-2/h4-9,11H,3,21H2,1-2H3. The summed E-state index contributed by atoms with van der Waals surface area (Å²) >= 11 is 0. The summed E-state index contributed by atoms with van der Waals surface area (Å²) in [5.41, 5.74) is 7.10. The summed E-state index contributed by atoms with van der Waals surface area (Å²) < 4.78 is 12.9. The molecule has 2 aromatic heterocycles. The molecule has 0 bridgehead atoms. The molecular formula is C19H17N5O4. The highest BCUT2D eigenvalue weighted by Gasteiger charge is 2.25. The minimum atomic E-state index is -0.738. The van der Waals surface area contributed by atoms with Crippen LogP contribution in [0, 0.1) is 11.3 Å². The fourth-order valence-corrected chi connectivity index (χ4v) is 2.77. The highest BCUT2D eigenvalue weighted by molar-refractivity contribution is 5.98. The maximum Gasteiger partial charge on any atom is 0.357 e. The van der Waals surface area contributed by atoms with E-state index in [9.17, 15) is 14.9 Å². The topological polar surface area (TPSA) is 125 Å². The number of esters is 2. The maximum atomic E-state index is 12.5. The molecule has 3 rings (SSSR count). The maximum absolute atomic E-state index is 12.5. The molecule has 3 aromatic rings. The molecule has 0 fully saturated rings. The van der Waals surface area contributed by atoms with Gasteiger partial charge in [-0.1, -0.05) is 0 Å². The van der Waals surface area contributed by atoms with Crippen LogP contribution in [0.4, 0.5) is 5.69 Å². The number of hydrogen-bond donors (Lipinski definition) is 1. The number of rotatable bonds is 5. The van der Waals surface area contributed by atoms with E-state index in [1.54, 1.807) is 48.3 Å². The Balaban J connectivity index is 2.30. The number of carbonyl (C=O) groups excluding carboxylic acids is 2. The van der Waals surface area contributed by atoms with E-state index in [1.807, 2.05) is 6.07 Å². The molecule has 0 atom stereocenters. The van der Waals surface area contributed by atoms with Gasteiger partial charge in [0.1, 0.15) is 6.07 Å². The number of nitrogens with two attached hydrogens (primary N) is 1. The molecule has 2 heterocycles. The Bertz CT molecular complexity index is 1080. The lowest BCUT2D eigenvalue weighted by Gasteiger charge is -2.14. The number of aromatic nitrogens is 3. The molecule has 0 aliphatic heterocycles. The Kier molecular flexibility index (Phi) is 5.13. The molecule has 0 saturated carbocycles. The van der Waals surface area contributed by atoms with Crippen molar-refractivity contribution < 1.29 is 19.1 Å². The quantitative estimate of drug-likeness (QED) is 0.673. The van der Waals surface area contributed by atoms with E-state index in [0.717, 1.165) is 0 Å². The van der Waals surface area contributed by atoms with Gasteiger partial charge in [0.15, 0.2) is 5.69 Å². The van der Waals surface area contributed by atoms with Crippen LogP contribution >= 0.6 is 0 Å². The van der Waals surface area contributed by atoms with E-state index >= 15 is 0 Å². The van der Waals surface area contributed by atoms with Crippen molar-refractivity contribution in [3.05, 3.63) is 59.7 Å². The monoisotopic (exact) mass is 379 g/mol. The summed E-state index contributed by atoms with van der Waals surface area (Å²) in [6.45, 7) is 1.87. The summed E-state index contributed by atoms with van der Waals surface area (Å²) in [5, 5.41) is 13.5. The van der Waals surface area contributed by atoms with Crippen molar-refractivity contribution in [2.24, 2.45) is 0 Å². The average Bonchev–Trinajstić information content (AvgIpc) is 3.35. The van der Waals surface area contributed by atoms with Gasteiger partial charge in [0, 0.05) is 18.6 Å². The van der Waals surface area contributed by atoms with Crippen molar-refractivity contribution >= 4 is 17.6 Å². The minimum absolute atomic E-state index is 0.0337. The van der Waals surface area contributed by atoms with Crippen LogP contribution in [0.2, 0.25) is 0 Å². The van der Waals surface area contributed by atoms with Gasteiger partial charge in [0.2, 0.25) is 0 Å². The van der Waals surface area contributed by atoms with Crippen molar-refractivity contribution in [2.45, 2.75) is 6.92 Å². The van der Waals surface area contributed by atoms with Crippen molar-refractivity contribution in [3.63, 3.8) is 0 Å². The van der Waals surface area contributed by atoms with Crippen molar-refractivity contribution in [1.82, 2.24) is 14.3 Å². The fraction of sp³-hybridized carbons (Fsp3) is 0.158. The van der Waals surface area contributed by atoms with Gasteiger partial charge in [-0.15, -0.1) is 0 Å². The molecule has 0 spiro atoms. The van der Waals surface area contributed by atoms with Gasteiger partial charge < -0.3 is 19.8 Å². The fourth-order valence-electron chi connectivity index (χ4n) is 2.77. The zero-order valence-corrected chi connectivity index (χ0v) is 15.2. The Morgan fingerprint density at radius 2 is 2.11 bits per heavy atom. The molecule has 142 valence electrons. The predicted molar refractivity (Wildman–Crippen MR) is 99.3 cm³/mol. The smallest absolute Gasteiger partial charge is 0.357 e. The highest BCUT2D eigenvalue weighted by atomic mass is 16.5. The third kappa shape index (κ3) is 3.19. The van der Waals surface area contributed by atoms with E-state index in [1.165, 1.54) is 17.9 Å². The van der Waals surface area contributed by atoms with Gasteiger partial charge in [-0.05, 0) is 31.2 Å². The molecule has 0 unspecified atom stereocenters. The summed E-state index contributed by atoms with van der Waals surface area (Å²) in [7, 11) is 1.21. The Morgan fingerprint density at radius 1 is 1.32 bits per heavy atom. The van der Waals surface area contributed by atoms with Gasteiger partial charge in [-0.2, -0.15) is 10.4 Å². The van der Waals surface area contributed by atoms with Crippen LogP contribution in [0.5, 0.6) is 0 Å². The molecular weight excluding hydrogens is 362 g/mol. The molecule has 1 aromatic carbocycles. The van der Waals surface area contributed by atoms with Gasteiger partial charge >= 0.3 is 11.9 Å². The third-order valence-electron chi connectivity index (χ3n) is 4.05. The van der Waals surface area contributed by atoms with Crippen molar-refractivity contribution in [1.29, 1.82) is 5.26 Å². The summed E-state index contributed by atoms with van der Waals surface area (Å²) in [5.74, 6) is -1.32. The molecule has 0 aliphatic carbocycles. The second-order valence-electron chi connectivity index (χ2n) is 5.65. The SMILES string of the molecule is CCOC(=O)c1ccc(-n2cccn2)cc1-n1cc(C#N)c(N)c1C(=O)OC. The van der Waals surface area contributed by atoms with E-state index in [2.05, 4.69) is 5.10 Å². The Hall–Kier alpha value is -4.06. The number of ether oxygens (including phenoxy) is 2. The van der Waals surface area contributed by atoms with Crippen molar-refractivity contribution in [3.8, 4) is 17.4 Å². The van der Waals surface area contributed by atoms with Crippen LogP contribution in [0.25, 0.3) is 11.4 Å². The van der Waals surface area contributed by atoms with Crippen molar-refractivity contribution in [2.75, 3.05) is 19.5 Å². The Morgan fingerprint density at radius 3 is 2.71 bits per heavy atom. The second kappa shape index (κ2) is 7.67. The number of nitrogen functional groups attached to an aromatic ring is 1. The Labute approximate surface area is 160 Å². The normalized spacial score (nSPS) is 10.3. The zero-order valence-electron chi connectivity index (χ0n) is 15.2. The first-order valence-corrected chi connectivity index (χ1v) is 8.32. The minimum Gasteiger partial charge on any atom is -0.464 e. The summed E-state index contributed by atoms with van der Waals surface area (Å²) in [4.78, 5) is 24.8. The molecule has 0 aliphatic rings. The lowest BCUT2D eigenvalue weighted by molar-refractivity contribution is 0.0523. The molecule has 0 amide bonds. The predicted octanol–water partition coefficient (Wildman–Crippen LogP) is 2.08. The molecule has 9 heteroatoms.